The molecule has 2 aromatic rings. The van der Waals surface area contributed by atoms with Gasteiger partial charge in [-0.1, -0.05) is 30.3 Å². The number of hydrogen-bond donors (Lipinski definition) is 0. The third-order valence-corrected chi connectivity index (χ3v) is 3.94. The van der Waals surface area contributed by atoms with Crippen molar-refractivity contribution in [3.05, 3.63) is 69.4 Å². The zero-order valence-corrected chi connectivity index (χ0v) is 11.2. The van der Waals surface area contributed by atoms with Crippen molar-refractivity contribution >= 4 is 29.1 Å². The third kappa shape index (κ3) is 2.37. The molecule has 19 heavy (non-hydrogen) atoms. The van der Waals surface area contributed by atoms with E-state index in [1.54, 1.807) is 17.4 Å². The van der Waals surface area contributed by atoms with Gasteiger partial charge < -0.3 is 4.74 Å². The molecule has 0 radical (unpaired) electrons. The number of rotatable bonds is 2. The van der Waals surface area contributed by atoms with Gasteiger partial charge in [-0.05, 0) is 36.1 Å². The van der Waals surface area contributed by atoms with Crippen molar-refractivity contribution in [1.29, 1.82) is 0 Å². The number of aryl methyl sites for hydroxylation is 1. The lowest BCUT2D eigenvalue weighted by molar-refractivity contribution is -0.130. The summed E-state index contributed by atoms with van der Waals surface area (Å²) in [7, 11) is 0. The summed E-state index contributed by atoms with van der Waals surface area (Å²) in [6.45, 7) is 2.03. The van der Waals surface area contributed by atoms with E-state index in [9.17, 15) is 4.79 Å². The maximum absolute atomic E-state index is 11.9. The van der Waals surface area contributed by atoms with Crippen molar-refractivity contribution in [2.75, 3.05) is 0 Å². The largest absolute Gasteiger partial charge is 0.422 e. The van der Waals surface area contributed by atoms with Crippen LogP contribution in [-0.4, -0.2) is 5.97 Å². The summed E-state index contributed by atoms with van der Waals surface area (Å²) in [5.74, 6) is 0.331. The van der Waals surface area contributed by atoms with Gasteiger partial charge in [0.15, 0.2) is 0 Å². The maximum atomic E-state index is 11.9. The first-order valence-corrected chi connectivity index (χ1v) is 6.87. The topological polar surface area (TPSA) is 26.3 Å². The SMILES string of the molecule is Cc1ccsc1/C=C1\C=C(c2ccccc2)OC1=O. The van der Waals surface area contributed by atoms with Crippen molar-refractivity contribution in [3.63, 3.8) is 0 Å². The van der Waals surface area contributed by atoms with Crippen LogP contribution < -0.4 is 0 Å². The number of cyclic esters (lactones) is 1. The molecule has 0 saturated carbocycles. The number of thiophene rings is 1. The van der Waals surface area contributed by atoms with Crippen molar-refractivity contribution in [3.8, 4) is 0 Å². The maximum Gasteiger partial charge on any atom is 0.343 e. The van der Waals surface area contributed by atoms with Gasteiger partial charge in [0.2, 0.25) is 0 Å². The highest BCUT2D eigenvalue weighted by atomic mass is 32.1. The standard InChI is InChI=1S/C16H12O2S/c1-11-7-8-19-15(11)10-13-9-14(18-16(13)17)12-5-3-2-4-6-12/h2-10H,1H3/b13-10+. The number of carbonyl (C=O) groups is 1. The number of hydrogen-bond acceptors (Lipinski definition) is 3. The molecule has 0 unspecified atom stereocenters. The van der Waals surface area contributed by atoms with E-state index in [1.807, 2.05) is 54.8 Å². The molecule has 1 aromatic heterocycles. The van der Waals surface area contributed by atoms with Gasteiger partial charge in [0.1, 0.15) is 5.76 Å². The Morgan fingerprint density at radius 3 is 2.63 bits per heavy atom. The van der Waals surface area contributed by atoms with E-state index >= 15 is 0 Å². The van der Waals surface area contributed by atoms with Gasteiger partial charge in [-0.25, -0.2) is 4.79 Å². The molecule has 1 aliphatic rings. The molecular formula is C16H12O2S. The summed E-state index contributed by atoms with van der Waals surface area (Å²) in [6, 6.07) is 11.7. The minimum absolute atomic E-state index is 0.286. The van der Waals surface area contributed by atoms with E-state index in [-0.39, 0.29) is 5.97 Å². The number of ether oxygens (including phenoxy) is 1. The average Bonchev–Trinajstić information content (AvgIpc) is 2.99. The van der Waals surface area contributed by atoms with Gasteiger partial charge in [0.25, 0.3) is 0 Å². The molecule has 0 spiro atoms. The van der Waals surface area contributed by atoms with Crippen LogP contribution in [0.15, 0.2) is 53.4 Å². The third-order valence-electron chi connectivity index (χ3n) is 2.97. The Labute approximate surface area is 115 Å². The van der Waals surface area contributed by atoms with Gasteiger partial charge in [0.05, 0.1) is 5.57 Å². The first kappa shape index (κ1) is 11.9. The van der Waals surface area contributed by atoms with E-state index in [1.165, 1.54) is 5.56 Å². The Kier molecular flexibility index (Phi) is 3.05. The van der Waals surface area contributed by atoms with Gasteiger partial charge in [-0.2, -0.15) is 0 Å². The lowest BCUT2D eigenvalue weighted by Gasteiger charge is -1.99. The zero-order chi connectivity index (χ0) is 13.2. The fourth-order valence-corrected chi connectivity index (χ4v) is 2.77. The van der Waals surface area contributed by atoms with Crippen LogP contribution in [0.3, 0.4) is 0 Å². The van der Waals surface area contributed by atoms with Crippen LogP contribution in [-0.2, 0) is 9.53 Å². The van der Waals surface area contributed by atoms with Gasteiger partial charge in [0, 0.05) is 10.4 Å². The Hall–Kier alpha value is -2.13. The second-order valence-corrected chi connectivity index (χ2v) is 5.28. The van der Waals surface area contributed by atoms with E-state index in [0.717, 1.165) is 10.4 Å². The minimum Gasteiger partial charge on any atom is -0.422 e. The number of esters is 1. The van der Waals surface area contributed by atoms with Crippen LogP contribution in [0.4, 0.5) is 0 Å². The predicted octanol–water partition coefficient (Wildman–Crippen LogP) is 4.04. The first-order valence-electron chi connectivity index (χ1n) is 5.99. The summed E-state index contributed by atoms with van der Waals surface area (Å²) in [5, 5.41) is 2.02. The molecule has 0 N–H and O–H groups in total. The molecule has 1 aliphatic heterocycles. The second-order valence-electron chi connectivity index (χ2n) is 4.33. The molecule has 1 aromatic carbocycles. The van der Waals surface area contributed by atoms with E-state index < -0.39 is 0 Å². The Balaban J connectivity index is 1.96. The fourth-order valence-electron chi connectivity index (χ4n) is 1.91. The summed E-state index contributed by atoms with van der Waals surface area (Å²) in [4.78, 5) is 13.0. The van der Waals surface area contributed by atoms with Crippen LogP contribution in [0, 0.1) is 6.92 Å². The summed E-state index contributed by atoms with van der Waals surface area (Å²) in [6.07, 6.45) is 3.69. The smallest absolute Gasteiger partial charge is 0.343 e. The molecule has 0 amide bonds. The Morgan fingerprint density at radius 2 is 1.95 bits per heavy atom. The molecule has 0 saturated heterocycles. The summed E-state index contributed by atoms with van der Waals surface area (Å²) >= 11 is 1.62. The molecular weight excluding hydrogens is 256 g/mol. The molecule has 0 bridgehead atoms. The Bertz CT molecular complexity index is 678. The van der Waals surface area contributed by atoms with Crippen molar-refractivity contribution < 1.29 is 9.53 Å². The van der Waals surface area contributed by atoms with Crippen LogP contribution in [0.1, 0.15) is 16.0 Å². The quantitative estimate of drug-likeness (QED) is 0.607. The number of benzene rings is 1. The zero-order valence-electron chi connectivity index (χ0n) is 10.4. The molecule has 0 atom stereocenters. The molecule has 0 fully saturated rings. The Morgan fingerprint density at radius 1 is 1.16 bits per heavy atom. The lowest BCUT2D eigenvalue weighted by Crippen LogP contribution is -1.96. The van der Waals surface area contributed by atoms with Crippen LogP contribution >= 0.6 is 11.3 Å². The minimum atomic E-state index is -0.286. The molecule has 0 aliphatic carbocycles. The average molecular weight is 268 g/mol. The summed E-state index contributed by atoms with van der Waals surface area (Å²) in [5.41, 5.74) is 2.69. The normalized spacial score (nSPS) is 16.6. The van der Waals surface area contributed by atoms with Crippen LogP contribution in [0.5, 0.6) is 0 Å². The van der Waals surface area contributed by atoms with Gasteiger partial charge in [-0.15, -0.1) is 11.3 Å². The molecule has 3 rings (SSSR count). The van der Waals surface area contributed by atoms with E-state index in [0.29, 0.717) is 11.3 Å². The van der Waals surface area contributed by atoms with Crippen molar-refractivity contribution in [2.45, 2.75) is 6.92 Å². The van der Waals surface area contributed by atoms with Gasteiger partial charge in [-0.3, -0.25) is 0 Å². The van der Waals surface area contributed by atoms with Crippen molar-refractivity contribution in [2.24, 2.45) is 0 Å². The van der Waals surface area contributed by atoms with Gasteiger partial charge >= 0.3 is 5.97 Å². The highest BCUT2D eigenvalue weighted by Crippen LogP contribution is 2.28. The van der Waals surface area contributed by atoms with Crippen molar-refractivity contribution in [1.82, 2.24) is 0 Å². The monoisotopic (exact) mass is 268 g/mol. The van der Waals surface area contributed by atoms with E-state index in [2.05, 4.69) is 0 Å². The van der Waals surface area contributed by atoms with Crippen LogP contribution in [0.25, 0.3) is 11.8 Å². The van der Waals surface area contributed by atoms with E-state index in [4.69, 9.17) is 4.74 Å². The lowest BCUT2D eigenvalue weighted by atomic mass is 10.1. The second kappa shape index (κ2) is 4.86. The number of carbonyl (C=O) groups excluding carboxylic acids is 1. The molecule has 94 valence electrons. The first-order chi connectivity index (χ1) is 9.24. The predicted molar refractivity (Wildman–Crippen MR) is 77.5 cm³/mol. The molecule has 3 heteroatoms. The fraction of sp³-hybridized carbons (Fsp3) is 0.0625. The molecule has 2 heterocycles. The molecule has 2 nitrogen and oxygen atoms in total. The highest BCUT2D eigenvalue weighted by molar-refractivity contribution is 7.11. The van der Waals surface area contributed by atoms with Crippen LogP contribution in [0.2, 0.25) is 0 Å². The highest BCUT2D eigenvalue weighted by Gasteiger charge is 2.22. The summed E-state index contributed by atoms with van der Waals surface area (Å²) < 4.78 is 5.31.